The van der Waals surface area contributed by atoms with Crippen LogP contribution in [-0.2, 0) is 16.6 Å². The van der Waals surface area contributed by atoms with Crippen LogP contribution in [-0.4, -0.2) is 24.1 Å². The van der Waals surface area contributed by atoms with Gasteiger partial charge in [0.05, 0.1) is 10.3 Å². The maximum Gasteiger partial charge on any atom is 0.287 e. The summed E-state index contributed by atoms with van der Waals surface area (Å²) in [5.41, 5.74) is 4.85. The first-order chi connectivity index (χ1) is 14.6. The Bertz CT molecular complexity index is 1320. The van der Waals surface area contributed by atoms with Crippen molar-refractivity contribution in [1.29, 1.82) is 0 Å². The van der Waals surface area contributed by atoms with E-state index in [1.807, 2.05) is 26.8 Å². The van der Waals surface area contributed by atoms with Crippen molar-refractivity contribution in [3.63, 3.8) is 0 Å². The molecule has 164 valence electrons. The van der Waals surface area contributed by atoms with Crippen LogP contribution in [0.3, 0.4) is 0 Å². The SMILES string of the molecule is CCCn1nc(C(=O)NNS(=O)(=O)c2c(C)c(C)cc(C)c2C)c2ccccc2c1=O. The summed E-state index contributed by atoms with van der Waals surface area (Å²) in [7, 11) is -4.03. The van der Waals surface area contributed by atoms with E-state index in [0.29, 0.717) is 34.9 Å². The minimum Gasteiger partial charge on any atom is -0.272 e. The lowest BCUT2D eigenvalue weighted by Gasteiger charge is -2.17. The van der Waals surface area contributed by atoms with Crippen molar-refractivity contribution in [3.05, 3.63) is 68.6 Å². The van der Waals surface area contributed by atoms with Crippen LogP contribution in [0.1, 0.15) is 46.1 Å². The Morgan fingerprint density at radius 3 is 2.19 bits per heavy atom. The number of rotatable bonds is 6. The third-order valence-electron chi connectivity index (χ3n) is 5.38. The highest BCUT2D eigenvalue weighted by molar-refractivity contribution is 7.89. The van der Waals surface area contributed by atoms with Crippen LogP contribution < -0.4 is 15.8 Å². The molecule has 1 heterocycles. The van der Waals surface area contributed by atoms with Gasteiger partial charge in [0.1, 0.15) is 0 Å². The molecule has 0 unspecified atom stereocenters. The number of benzene rings is 2. The topological polar surface area (TPSA) is 110 Å². The number of hydrogen-bond donors (Lipinski definition) is 2. The van der Waals surface area contributed by atoms with Crippen molar-refractivity contribution in [2.75, 3.05) is 0 Å². The van der Waals surface area contributed by atoms with Gasteiger partial charge in [-0.2, -0.15) is 5.10 Å². The normalized spacial score (nSPS) is 11.6. The molecule has 0 aliphatic carbocycles. The van der Waals surface area contributed by atoms with Crippen molar-refractivity contribution in [2.24, 2.45) is 0 Å². The summed E-state index contributed by atoms with van der Waals surface area (Å²) in [6, 6.07) is 8.55. The first kappa shape index (κ1) is 22.6. The Hall–Kier alpha value is -3.04. The largest absolute Gasteiger partial charge is 0.287 e. The van der Waals surface area contributed by atoms with E-state index in [1.54, 1.807) is 38.1 Å². The smallest absolute Gasteiger partial charge is 0.272 e. The minimum atomic E-state index is -4.03. The third kappa shape index (κ3) is 4.24. The van der Waals surface area contributed by atoms with Gasteiger partial charge in [-0.05, 0) is 62.4 Å². The van der Waals surface area contributed by atoms with Gasteiger partial charge in [0.15, 0.2) is 5.69 Å². The summed E-state index contributed by atoms with van der Waals surface area (Å²) in [4.78, 5) is 27.8. The van der Waals surface area contributed by atoms with Gasteiger partial charge < -0.3 is 0 Å². The molecular weight excluding hydrogens is 416 g/mol. The average Bonchev–Trinajstić information content (AvgIpc) is 2.73. The highest BCUT2D eigenvalue weighted by Gasteiger charge is 2.24. The molecular formula is C22H26N4O4S. The summed E-state index contributed by atoms with van der Waals surface area (Å²) in [5.74, 6) is -0.746. The molecule has 2 aromatic carbocycles. The summed E-state index contributed by atoms with van der Waals surface area (Å²) >= 11 is 0. The summed E-state index contributed by atoms with van der Waals surface area (Å²) in [6.45, 7) is 9.38. The van der Waals surface area contributed by atoms with Gasteiger partial charge in [0.25, 0.3) is 21.5 Å². The van der Waals surface area contributed by atoms with E-state index in [9.17, 15) is 18.0 Å². The molecule has 0 radical (unpaired) electrons. The second-order valence-electron chi connectivity index (χ2n) is 7.57. The minimum absolute atomic E-state index is 0.0276. The van der Waals surface area contributed by atoms with Gasteiger partial charge in [0, 0.05) is 11.9 Å². The lowest BCUT2D eigenvalue weighted by atomic mass is 10.0. The lowest BCUT2D eigenvalue weighted by molar-refractivity contribution is 0.0939. The molecule has 0 saturated heterocycles. The quantitative estimate of drug-likeness (QED) is 0.570. The third-order valence-corrected chi connectivity index (χ3v) is 6.90. The number of carbonyl (C=O) groups excluding carboxylic acids is 1. The van der Waals surface area contributed by atoms with Gasteiger partial charge >= 0.3 is 0 Å². The molecule has 0 spiro atoms. The van der Waals surface area contributed by atoms with E-state index in [1.165, 1.54) is 4.68 Å². The molecule has 31 heavy (non-hydrogen) atoms. The Morgan fingerprint density at radius 2 is 1.61 bits per heavy atom. The molecule has 3 rings (SSSR count). The van der Waals surface area contributed by atoms with E-state index in [2.05, 4.69) is 15.4 Å². The number of fused-ring (bicyclic) bond motifs is 1. The fourth-order valence-corrected chi connectivity index (χ4v) is 5.03. The van der Waals surface area contributed by atoms with E-state index < -0.39 is 15.9 Å². The van der Waals surface area contributed by atoms with Crippen LogP contribution in [0.2, 0.25) is 0 Å². The number of hydrazine groups is 1. The fourth-order valence-electron chi connectivity index (χ4n) is 3.57. The first-order valence-corrected chi connectivity index (χ1v) is 11.5. The number of carbonyl (C=O) groups is 1. The van der Waals surface area contributed by atoms with Crippen LogP contribution in [0.25, 0.3) is 10.8 Å². The molecule has 0 saturated carbocycles. The van der Waals surface area contributed by atoms with Crippen molar-refractivity contribution >= 4 is 26.7 Å². The second-order valence-corrected chi connectivity index (χ2v) is 9.19. The maximum absolute atomic E-state index is 13.0. The summed E-state index contributed by atoms with van der Waals surface area (Å²) < 4.78 is 27.2. The van der Waals surface area contributed by atoms with Gasteiger partial charge in [-0.25, -0.2) is 13.1 Å². The number of sulfonamides is 1. The van der Waals surface area contributed by atoms with Gasteiger partial charge in [-0.3, -0.25) is 15.0 Å². The second kappa shape index (κ2) is 8.60. The number of aromatic nitrogens is 2. The zero-order valence-electron chi connectivity index (χ0n) is 18.2. The standard InChI is InChI=1S/C22H26N4O4S/c1-6-11-26-22(28)18-10-8-7-9-17(18)19(24-26)21(27)23-25-31(29,30)20-15(4)13(2)12-14(3)16(20)5/h7-10,12,25H,6,11H2,1-5H3,(H,23,27). The Labute approximate surface area is 181 Å². The van der Waals surface area contributed by atoms with Crippen molar-refractivity contribution in [3.8, 4) is 0 Å². The number of amides is 1. The molecule has 0 aliphatic rings. The van der Waals surface area contributed by atoms with E-state index in [0.717, 1.165) is 11.1 Å². The lowest BCUT2D eigenvalue weighted by Crippen LogP contribution is -2.43. The van der Waals surface area contributed by atoms with Gasteiger partial charge in [-0.15, -0.1) is 4.83 Å². The first-order valence-electron chi connectivity index (χ1n) is 9.98. The maximum atomic E-state index is 13.0. The van der Waals surface area contributed by atoms with E-state index in [-0.39, 0.29) is 16.1 Å². The van der Waals surface area contributed by atoms with Crippen LogP contribution in [0, 0.1) is 27.7 Å². The van der Waals surface area contributed by atoms with Crippen molar-refractivity contribution in [1.82, 2.24) is 20.0 Å². The molecule has 8 nitrogen and oxygen atoms in total. The number of nitrogens with zero attached hydrogens (tertiary/aromatic N) is 2. The average molecular weight is 443 g/mol. The zero-order valence-corrected chi connectivity index (χ0v) is 19.1. The van der Waals surface area contributed by atoms with Crippen LogP contribution in [0.5, 0.6) is 0 Å². The number of hydrogen-bond acceptors (Lipinski definition) is 5. The molecule has 1 amide bonds. The Morgan fingerprint density at radius 1 is 1.03 bits per heavy atom. The summed E-state index contributed by atoms with van der Waals surface area (Å²) in [5, 5.41) is 4.89. The highest BCUT2D eigenvalue weighted by Crippen LogP contribution is 2.25. The molecule has 2 N–H and O–H groups in total. The molecule has 0 aliphatic heterocycles. The molecule has 9 heteroatoms. The van der Waals surface area contributed by atoms with Crippen molar-refractivity contribution < 1.29 is 13.2 Å². The highest BCUT2D eigenvalue weighted by atomic mass is 32.2. The van der Waals surface area contributed by atoms with E-state index in [4.69, 9.17) is 0 Å². The van der Waals surface area contributed by atoms with Crippen molar-refractivity contribution in [2.45, 2.75) is 52.5 Å². The fraction of sp³-hybridized carbons (Fsp3) is 0.318. The number of nitrogens with one attached hydrogen (secondary N) is 2. The Kier molecular flexibility index (Phi) is 6.28. The molecule has 0 fully saturated rings. The number of aryl methyl sites for hydroxylation is 3. The molecule has 1 aromatic heterocycles. The van der Waals surface area contributed by atoms with Crippen LogP contribution in [0.4, 0.5) is 0 Å². The van der Waals surface area contributed by atoms with Crippen LogP contribution >= 0.6 is 0 Å². The predicted molar refractivity (Wildman–Crippen MR) is 119 cm³/mol. The molecule has 0 atom stereocenters. The Balaban J connectivity index is 1.99. The summed E-state index contributed by atoms with van der Waals surface area (Å²) in [6.07, 6.45) is 0.657. The molecule has 3 aromatic rings. The van der Waals surface area contributed by atoms with Gasteiger partial charge in [0.2, 0.25) is 0 Å². The zero-order chi connectivity index (χ0) is 22.9. The van der Waals surface area contributed by atoms with E-state index >= 15 is 0 Å². The monoisotopic (exact) mass is 442 g/mol. The molecule has 0 bridgehead atoms. The van der Waals surface area contributed by atoms with Gasteiger partial charge in [-0.1, -0.05) is 31.2 Å². The predicted octanol–water partition coefficient (Wildman–Crippen LogP) is 2.66. The van der Waals surface area contributed by atoms with Crippen LogP contribution in [0.15, 0.2) is 40.0 Å².